The van der Waals surface area contributed by atoms with Crippen LogP contribution in [-0.4, -0.2) is 6.71 Å². The van der Waals surface area contributed by atoms with Crippen LogP contribution in [0, 0.1) is 0 Å². The maximum atomic E-state index is 2.55. The first-order valence-corrected chi connectivity index (χ1v) is 22.7. The van der Waals surface area contributed by atoms with Crippen molar-refractivity contribution < 1.29 is 0 Å². The lowest BCUT2D eigenvalue weighted by atomic mass is 9.33. The Morgan fingerprint density at radius 2 is 0.615 bits per heavy atom. The van der Waals surface area contributed by atoms with Crippen LogP contribution in [0.2, 0.25) is 0 Å². The van der Waals surface area contributed by atoms with E-state index in [1.54, 1.807) is 0 Å². The molecular weight excluding hydrogens is 784 g/mol. The van der Waals surface area contributed by atoms with Gasteiger partial charge in [0.2, 0.25) is 0 Å². The molecule has 2 heterocycles. The number of hydrogen-bond donors (Lipinski definition) is 0. The van der Waals surface area contributed by atoms with Crippen molar-refractivity contribution in [3.05, 3.63) is 224 Å². The summed E-state index contributed by atoms with van der Waals surface area (Å²) < 4.78 is 0. The van der Waals surface area contributed by atoms with Crippen LogP contribution in [0.25, 0.3) is 86.5 Å². The van der Waals surface area contributed by atoms with Crippen LogP contribution in [0.15, 0.2) is 224 Å². The minimum absolute atomic E-state index is 0.0313. The van der Waals surface area contributed by atoms with Gasteiger partial charge in [0.25, 0.3) is 6.71 Å². The van der Waals surface area contributed by atoms with E-state index in [1.165, 1.54) is 126 Å². The topological polar surface area (TPSA) is 6.48 Å². The summed E-state index contributed by atoms with van der Waals surface area (Å²) >= 11 is 0. The van der Waals surface area contributed by atoms with Gasteiger partial charge in [-0.25, -0.2) is 0 Å². The molecule has 2 aliphatic rings. The van der Waals surface area contributed by atoms with E-state index in [0.717, 1.165) is 11.4 Å². The maximum absolute atomic E-state index is 2.55. The molecule has 0 spiro atoms. The highest BCUT2D eigenvalue weighted by molar-refractivity contribution is 7.00. The molecule has 0 bridgehead atoms. The molecular formula is C62H37BN2. The Kier molecular flexibility index (Phi) is 7.06. The SMILES string of the molecule is c1ccc(N2c3cc4cc5ccccc5cc4cc3B3c4cc5cc6ccccc6cc5cc4N(c4ccccc4)c4cc(-c5cc6ccc7cccc8ccc(c5)c6c78)cc2c43)cc1. The monoisotopic (exact) mass is 820 g/mol. The van der Waals surface area contributed by atoms with Crippen molar-refractivity contribution in [1.82, 2.24) is 0 Å². The zero-order valence-corrected chi connectivity index (χ0v) is 35.3. The Morgan fingerprint density at radius 3 is 1.08 bits per heavy atom. The Bertz CT molecular complexity index is 3890. The summed E-state index contributed by atoms with van der Waals surface area (Å²) in [6, 6.07) is 84.7. The van der Waals surface area contributed by atoms with E-state index in [0.29, 0.717) is 0 Å². The average Bonchev–Trinajstić information content (AvgIpc) is 3.36. The van der Waals surface area contributed by atoms with Crippen molar-refractivity contribution >= 4 is 133 Å². The van der Waals surface area contributed by atoms with Gasteiger partial charge in [-0.15, -0.1) is 0 Å². The lowest BCUT2D eigenvalue weighted by Gasteiger charge is -2.44. The summed E-state index contributed by atoms with van der Waals surface area (Å²) in [5, 5.41) is 17.8. The minimum Gasteiger partial charge on any atom is -0.311 e. The third kappa shape index (κ3) is 5.07. The molecule has 2 aliphatic heterocycles. The minimum atomic E-state index is -0.0313. The van der Waals surface area contributed by atoms with Crippen molar-refractivity contribution in [2.75, 3.05) is 9.80 Å². The number of hydrogen-bond acceptors (Lipinski definition) is 2. The molecule has 13 aromatic carbocycles. The number of para-hydroxylation sites is 2. The zero-order valence-electron chi connectivity index (χ0n) is 35.3. The Hall–Kier alpha value is -8.40. The Morgan fingerprint density at radius 1 is 0.246 bits per heavy atom. The smallest absolute Gasteiger partial charge is 0.252 e. The lowest BCUT2D eigenvalue weighted by molar-refractivity contribution is 1.26. The average molecular weight is 821 g/mol. The van der Waals surface area contributed by atoms with Gasteiger partial charge in [0.05, 0.1) is 0 Å². The summed E-state index contributed by atoms with van der Waals surface area (Å²) in [5.74, 6) is 0. The molecule has 0 amide bonds. The molecule has 15 rings (SSSR count). The van der Waals surface area contributed by atoms with Gasteiger partial charge in [-0.3, -0.25) is 0 Å². The summed E-state index contributed by atoms with van der Waals surface area (Å²) in [6.07, 6.45) is 0. The van der Waals surface area contributed by atoms with E-state index in [9.17, 15) is 0 Å². The second kappa shape index (κ2) is 13.1. The molecule has 13 aromatic rings. The number of fused-ring (bicyclic) bond motifs is 8. The first-order chi connectivity index (χ1) is 32.2. The van der Waals surface area contributed by atoms with Crippen LogP contribution in [0.5, 0.6) is 0 Å². The normalized spacial score (nSPS) is 13.1. The number of benzene rings is 13. The summed E-state index contributed by atoms with van der Waals surface area (Å²) in [5.41, 5.74) is 13.5. The second-order valence-electron chi connectivity index (χ2n) is 18.1. The second-order valence-corrected chi connectivity index (χ2v) is 18.1. The van der Waals surface area contributed by atoms with Crippen molar-refractivity contribution in [3.63, 3.8) is 0 Å². The molecule has 65 heavy (non-hydrogen) atoms. The molecule has 0 radical (unpaired) electrons. The van der Waals surface area contributed by atoms with E-state index in [1.807, 2.05) is 0 Å². The van der Waals surface area contributed by atoms with Gasteiger partial charge in [-0.1, -0.05) is 140 Å². The van der Waals surface area contributed by atoms with Gasteiger partial charge in [-0.2, -0.15) is 0 Å². The van der Waals surface area contributed by atoms with Crippen LogP contribution in [0.3, 0.4) is 0 Å². The molecule has 0 aromatic heterocycles. The summed E-state index contributed by atoms with van der Waals surface area (Å²) in [4.78, 5) is 5.10. The van der Waals surface area contributed by atoms with Gasteiger partial charge < -0.3 is 9.80 Å². The van der Waals surface area contributed by atoms with Gasteiger partial charge >= 0.3 is 0 Å². The first-order valence-electron chi connectivity index (χ1n) is 22.7. The molecule has 0 aliphatic carbocycles. The third-order valence-corrected chi connectivity index (χ3v) is 14.5. The van der Waals surface area contributed by atoms with E-state index < -0.39 is 0 Å². The molecule has 0 unspecified atom stereocenters. The van der Waals surface area contributed by atoms with Crippen molar-refractivity contribution in [2.45, 2.75) is 0 Å². The molecule has 0 atom stereocenters. The first kappa shape index (κ1) is 35.1. The number of anilines is 6. The predicted molar refractivity (Wildman–Crippen MR) is 280 cm³/mol. The lowest BCUT2D eigenvalue weighted by Crippen LogP contribution is -2.61. The van der Waals surface area contributed by atoms with Gasteiger partial charge in [0.1, 0.15) is 0 Å². The molecule has 3 heteroatoms. The largest absolute Gasteiger partial charge is 0.311 e. The molecule has 0 saturated heterocycles. The van der Waals surface area contributed by atoms with Gasteiger partial charge in [0, 0.05) is 34.1 Å². The standard InChI is InChI=1S/C62H37BN2/c1-3-18-52(19-4-1)64-56-34-49-28-42-14-9-7-12-40(42)26-47(49)32-54(56)63-55-33-48-27-41-13-8-10-15-43(41)29-50(48)35-57(55)65(53-20-5-2-6-21-53)59-37-51(36-58(64)62(59)63)46-30-44-24-22-38-16-11-17-39-23-25-45(31-46)61(44)60(38)39/h1-37H. The molecule has 298 valence electrons. The molecule has 0 N–H and O–H groups in total. The Labute approximate surface area is 376 Å². The van der Waals surface area contributed by atoms with E-state index in [-0.39, 0.29) is 6.71 Å². The van der Waals surface area contributed by atoms with Crippen molar-refractivity contribution in [1.29, 1.82) is 0 Å². The van der Waals surface area contributed by atoms with Crippen LogP contribution < -0.4 is 26.2 Å². The number of rotatable bonds is 3. The van der Waals surface area contributed by atoms with Crippen molar-refractivity contribution in [2.24, 2.45) is 0 Å². The highest BCUT2D eigenvalue weighted by Crippen LogP contribution is 2.48. The van der Waals surface area contributed by atoms with E-state index >= 15 is 0 Å². The molecule has 2 nitrogen and oxygen atoms in total. The van der Waals surface area contributed by atoms with Crippen LogP contribution in [0.1, 0.15) is 0 Å². The van der Waals surface area contributed by atoms with E-state index in [2.05, 4.69) is 234 Å². The fourth-order valence-electron chi connectivity index (χ4n) is 11.7. The van der Waals surface area contributed by atoms with Crippen LogP contribution in [-0.2, 0) is 0 Å². The van der Waals surface area contributed by atoms with Crippen LogP contribution in [0.4, 0.5) is 34.1 Å². The summed E-state index contributed by atoms with van der Waals surface area (Å²) in [6.45, 7) is -0.0313. The van der Waals surface area contributed by atoms with Gasteiger partial charge in [-0.05, 0) is 188 Å². The van der Waals surface area contributed by atoms with Crippen molar-refractivity contribution in [3.8, 4) is 11.1 Å². The predicted octanol–water partition coefficient (Wildman–Crippen LogP) is 14.9. The fraction of sp³-hybridized carbons (Fsp3) is 0. The number of nitrogens with zero attached hydrogens (tertiary/aromatic N) is 2. The summed E-state index contributed by atoms with van der Waals surface area (Å²) in [7, 11) is 0. The highest BCUT2D eigenvalue weighted by Gasteiger charge is 2.44. The Balaban J connectivity index is 1.09. The fourth-order valence-corrected chi connectivity index (χ4v) is 11.7. The van der Waals surface area contributed by atoms with E-state index in [4.69, 9.17) is 0 Å². The third-order valence-electron chi connectivity index (χ3n) is 14.5. The van der Waals surface area contributed by atoms with Crippen LogP contribution >= 0.6 is 0 Å². The zero-order chi connectivity index (χ0) is 42.3. The quantitative estimate of drug-likeness (QED) is 0.0995. The van der Waals surface area contributed by atoms with Gasteiger partial charge in [0.15, 0.2) is 0 Å². The molecule has 0 fully saturated rings. The highest BCUT2D eigenvalue weighted by atomic mass is 15.2. The molecule has 0 saturated carbocycles. The maximum Gasteiger partial charge on any atom is 0.252 e.